The molecule has 0 saturated carbocycles. The average Bonchev–Trinajstić information content (AvgIpc) is 3.04. The number of hydrogen-bond donors (Lipinski definition) is 0. The molecule has 0 aliphatic heterocycles. The minimum absolute atomic E-state index is 0.0537. The van der Waals surface area contributed by atoms with Gasteiger partial charge in [0.25, 0.3) is 5.69 Å². The molecule has 0 bridgehead atoms. The predicted octanol–water partition coefficient (Wildman–Crippen LogP) is 4.50. The molecule has 1 heterocycles. The van der Waals surface area contributed by atoms with E-state index in [1.165, 1.54) is 20.3 Å². The van der Waals surface area contributed by atoms with Crippen LogP contribution in [0.5, 0.6) is 5.75 Å². The van der Waals surface area contributed by atoms with E-state index >= 15 is 0 Å². The van der Waals surface area contributed by atoms with Crippen LogP contribution in [-0.2, 0) is 18.2 Å². The molecule has 1 aromatic heterocycles. The van der Waals surface area contributed by atoms with Gasteiger partial charge in [-0.25, -0.2) is 4.79 Å². The quantitative estimate of drug-likeness (QED) is 0.367. The number of benzene rings is 2. The topological polar surface area (TPSA) is 83.6 Å². The van der Waals surface area contributed by atoms with Crippen LogP contribution in [0.1, 0.15) is 35.3 Å². The first kappa shape index (κ1) is 21.0. The van der Waals surface area contributed by atoms with E-state index in [1.54, 1.807) is 30.3 Å². The third kappa shape index (κ3) is 4.14. The Kier molecular flexibility index (Phi) is 6.76. The molecule has 0 saturated heterocycles. The van der Waals surface area contributed by atoms with Crippen molar-refractivity contribution in [1.29, 1.82) is 0 Å². The maximum Gasteiger partial charge on any atom is 0.337 e. The second-order valence-electron chi connectivity index (χ2n) is 5.92. The van der Waals surface area contributed by atoms with E-state index in [0.29, 0.717) is 17.7 Å². The highest BCUT2D eigenvalue weighted by molar-refractivity contribution is 5.90. The van der Waals surface area contributed by atoms with Crippen LogP contribution in [0.4, 0.5) is 5.69 Å². The first-order chi connectivity index (χ1) is 13.4. The lowest BCUT2D eigenvalue weighted by atomic mass is 10.0. The van der Waals surface area contributed by atoms with Gasteiger partial charge in [0.2, 0.25) is 0 Å². The number of ether oxygens (including phenoxy) is 2. The van der Waals surface area contributed by atoms with Crippen LogP contribution in [-0.4, -0.2) is 29.7 Å². The summed E-state index contributed by atoms with van der Waals surface area (Å²) in [4.78, 5) is 22.4. The molecule has 0 fully saturated rings. The van der Waals surface area contributed by atoms with E-state index in [0.717, 1.165) is 22.0 Å². The summed E-state index contributed by atoms with van der Waals surface area (Å²) in [5.41, 5.74) is 3.19. The molecular weight excluding hydrogens is 360 g/mol. The van der Waals surface area contributed by atoms with Gasteiger partial charge in [-0.05, 0) is 29.3 Å². The number of nitro benzene ring substituents is 1. The average molecular weight is 384 g/mol. The Morgan fingerprint density at radius 3 is 2.43 bits per heavy atom. The fourth-order valence-corrected chi connectivity index (χ4v) is 3.06. The lowest BCUT2D eigenvalue weighted by molar-refractivity contribution is -0.384. The second kappa shape index (κ2) is 9.03. The van der Waals surface area contributed by atoms with Crippen LogP contribution in [0.15, 0.2) is 42.6 Å². The Balaban J connectivity index is 0.00000136. The molecule has 148 valence electrons. The predicted molar refractivity (Wildman–Crippen MR) is 108 cm³/mol. The van der Waals surface area contributed by atoms with Crippen LogP contribution in [0.2, 0.25) is 0 Å². The summed E-state index contributed by atoms with van der Waals surface area (Å²) in [7, 11) is 4.76. The second-order valence-corrected chi connectivity index (χ2v) is 5.92. The summed E-state index contributed by atoms with van der Waals surface area (Å²) >= 11 is 0. The van der Waals surface area contributed by atoms with E-state index in [9.17, 15) is 14.9 Å². The molecule has 7 heteroatoms. The van der Waals surface area contributed by atoms with Gasteiger partial charge in [-0.3, -0.25) is 10.1 Å². The largest absolute Gasteiger partial charge is 0.496 e. The minimum Gasteiger partial charge on any atom is -0.496 e. The van der Waals surface area contributed by atoms with Gasteiger partial charge < -0.3 is 14.0 Å². The summed E-state index contributed by atoms with van der Waals surface area (Å²) in [5.74, 6) is 0.131. The zero-order valence-electron chi connectivity index (χ0n) is 16.7. The highest BCUT2D eigenvalue weighted by Crippen LogP contribution is 2.30. The molecule has 3 aromatic rings. The van der Waals surface area contributed by atoms with E-state index < -0.39 is 10.9 Å². The van der Waals surface area contributed by atoms with Crippen LogP contribution in [0.3, 0.4) is 0 Å². The van der Waals surface area contributed by atoms with Crippen molar-refractivity contribution in [3.05, 3.63) is 69.4 Å². The molecule has 0 unspecified atom stereocenters. The fraction of sp³-hybridized carbons (Fsp3) is 0.286. The number of nitrogens with zero attached hydrogens (tertiary/aromatic N) is 2. The van der Waals surface area contributed by atoms with E-state index in [2.05, 4.69) is 0 Å². The highest BCUT2D eigenvalue weighted by atomic mass is 16.6. The normalized spacial score (nSPS) is 10.2. The van der Waals surface area contributed by atoms with E-state index in [4.69, 9.17) is 9.47 Å². The summed E-state index contributed by atoms with van der Waals surface area (Å²) < 4.78 is 12.1. The van der Waals surface area contributed by atoms with Gasteiger partial charge in [0.05, 0.1) is 24.7 Å². The molecular formula is C21H24N2O5. The molecule has 28 heavy (non-hydrogen) atoms. The Labute approximate surface area is 163 Å². The van der Waals surface area contributed by atoms with Crippen LogP contribution >= 0.6 is 0 Å². The molecule has 2 aromatic carbocycles. The molecule has 3 rings (SSSR count). The van der Waals surface area contributed by atoms with Crippen molar-refractivity contribution in [2.24, 2.45) is 7.05 Å². The number of carbonyl (C=O) groups is 1. The standard InChI is InChI=1S/C19H18N2O5.C2H6/c1-20-11-14(16-10-15(21(23)24)6-7-17(16)20)8-12-4-5-13(19(22)26-3)9-18(12)25-2;1-2/h4-7,9-11H,8H2,1-3H3;1-2H3. The summed E-state index contributed by atoms with van der Waals surface area (Å²) in [6.07, 6.45) is 2.46. The van der Waals surface area contributed by atoms with Gasteiger partial charge >= 0.3 is 5.97 Å². The monoisotopic (exact) mass is 384 g/mol. The molecule has 0 N–H and O–H groups in total. The zero-order chi connectivity index (χ0) is 20.8. The molecule has 0 aliphatic carbocycles. The first-order valence-electron chi connectivity index (χ1n) is 8.92. The number of aryl methyl sites for hydroxylation is 1. The Morgan fingerprint density at radius 2 is 1.82 bits per heavy atom. The molecule has 0 aliphatic rings. The number of rotatable bonds is 5. The van der Waals surface area contributed by atoms with Crippen molar-refractivity contribution in [3.63, 3.8) is 0 Å². The third-order valence-corrected chi connectivity index (χ3v) is 4.36. The number of nitro groups is 1. The lowest BCUT2D eigenvalue weighted by Crippen LogP contribution is -2.03. The number of esters is 1. The smallest absolute Gasteiger partial charge is 0.337 e. The third-order valence-electron chi connectivity index (χ3n) is 4.36. The molecule has 0 radical (unpaired) electrons. The Morgan fingerprint density at radius 1 is 1.11 bits per heavy atom. The lowest BCUT2D eigenvalue weighted by Gasteiger charge is -2.10. The van der Waals surface area contributed by atoms with Crippen molar-refractivity contribution in [1.82, 2.24) is 4.57 Å². The Hall–Kier alpha value is -3.35. The van der Waals surface area contributed by atoms with Crippen molar-refractivity contribution < 1.29 is 19.2 Å². The van der Waals surface area contributed by atoms with Gasteiger partial charge in [0.15, 0.2) is 0 Å². The maximum absolute atomic E-state index is 11.7. The summed E-state index contributed by atoms with van der Waals surface area (Å²) in [6, 6.07) is 9.94. The maximum atomic E-state index is 11.7. The molecule has 0 atom stereocenters. The highest BCUT2D eigenvalue weighted by Gasteiger charge is 2.15. The number of carbonyl (C=O) groups excluding carboxylic acids is 1. The van der Waals surface area contributed by atoms with E-state index in [-0.39, 0.29) is 5.69 Å². The first-order valence-corrected chi connectivity index (χ1v) is 8.92. The van der Waals surface area contributed by atoms with Crippen molar-refractivity contribution in [2.75, 3.05) is 14.2 Å². The number of hydrogen-bond acceptors (Lipinski definition) is 5. The van der Waals surface area contributed by atoms with Gasteiger partial charge in [0.1, 0.15) is 5.75 Å². The van der Waals surface area contributed by atoms with Crippen molar-refractivity contribution >= 4 is 22.6 Å². The number of methoxy groups -OCH3 is 2. The number of fused-ring (bicyclic) bond motifs is 1. The summed E-state index contributed by atoms with van der Waals surface area (Å²) in [6.45, 7) is 4.00. The van der Waals surface area contributed by atoms with Crippen molar-refractivity contribution in [2.45, 2.75) is 20.3 Å². The van der Waals surface area contributed by atoms with Gasteiger partial charge in [-0.1, -0.05) is 19.9 Å². The van der Waals surface area contributed by atoms with Crippen LogP contribution in [0.25, 0.3) is 10.9 Å². The molecule has 0 amide bonds. The minimum atomic E-state index is -0.435. The Bertz CT molecular complexity index is 1010. The van der Waals surface area contributed by atoms with Gasteiger partial charge in [0, 0.05) is 42.7 Å². The van der Waals surface area contributed by atoms with Gasteiger partial charge in [-0.15, -0.1) is 0 Å². The fourth-order valence-electron chi connectivity index (χ4n) is 3.06. The zero-order valence-corrected chi connectivity index (χ0v) is 16.7. The number of aromatic nitrogens is 1. The van der Waals surface area contributed by atoms with Crippen molar-refractivity contribution in [3.8, 4) is 5.75 Å². The molecule has 0 spiro atoms. The molecule has 7 nitrogen and oxygen atoms in total. The van der Waals surface area contributed by atoms with Gasteiger partial charge in [-0.2, -0.15) is 0 Å². The summed E-state index contributed by atoms with van der Waals surface area (Å²) in [5, 5.41) is 11.9. The van der Waals surface area contributed by atoms with Crippen LogP contribution < -0.4 is 4.74 Å². The SMILES string of the molecule is CC.COC(=O)c1ccc(Cc2cn(C)c3ccc([N+](=O)[O-])cc23)c(OC)c1. The van der Waals surface area contributed by atoms with Crippen LogP contribution in [0, 0.1) is 10.1 Å². The number of non-ortho nitro benzene ring substituents is 1. The van der Waals surface area contributed by atoms with E-state index in [1.807, 2.05) is 31.7 Å².